The second-order valence-corrected chi connectivity index (χ2v) is 8.96. The van der Waals surface area contributed by atoms with E-state index in [9.17, 15) is 22.0 Å². The fourth-order valence-corrected chi connectivity index (χ4v) is 4.20. The summed E-state index contributed by atoms with van der Waals surface area (Å²) < 4.78 is 54.4. The number of amides is 1. The molecule has 0 saturated carbocycles. The summed E-state index contributed by atoms with van der Waals surface area (Å²) in [6, 6.07) is 17.3. The Morgan fingerprint density at radius 1 is 1.00 bits per heavy atom. The van der Waals surface area contributed by atoms with E-state index < -0.39 is 34.1 Å². The Hall–Kier alpha value is -3.43. The third-order valence-corrected chi connectivity index (χ3v) is 6.36. The van der Waals surface area contributed by atoms with Crippen molar-refractivity contribution in [2.45, 2.75) is 18.4 Å². The first-order chi connectivity index (χ1) is 15.3. The van der Waals surface area contributed by atoms with E-state index in [0.717, 1.165) is 9.87 Å². The standard InChI is InChI=1S/C23H21F2N3O3S/c1-17-6-12-21(13-7-17)32(30,31)28(15-19-4-2-3-5-22(19)25)16-23(29)27-26-14-18-8-10-20(24)11-9-18/h2-14H,15-16H2,1H3,(H,27,29)/b26-14-. The summed E-state index contributed by atoms with van der Waals surface area (Å²) in [5, 5.41) is 3.77. The van der Waals surface area contributed by atoms with Crippen LogP contribution in [0.2, 0.25) is 0 Å². The van der Waals surface area contributed by atoms with Gasteiger partial charge >= 0.3 is 0 Å². The highest BCUT2D eigenvalue weighted by Crippen LogP contribution is 2.20. The van der Waals surface area contributed by atoms with E-state index in [2.05, 4.69) is 10.5 Å². The van der Waals surface area contributed by atoms with Gasteiger partial charge in [-0.1, -0.05) is 48.0 Å². The predicted octanol–water partition coefficient (Wildman–Crippen LogP) is 3.61. The number of carbonyl (C=O) groups is 1. The summed E-state index contributed by atoms with van der Waals surface area (Å²) in [4.78, 5) is 12.4. The van der Waals surface area contributed by atoms with Gasteiger partial charge < -0.3 is 0 Å². The SMILES string of the molecule is Cc1ccc(S(=O)(=O)N(CC(=O)N/N=C\c2ccc(F)cc2)Cc2ccccc2F)cc1. The molecule has 0 heterocycles. The van der Waals surface area contributed by atoms with E-state index in [1.54, 1.807) is 18.2 Å². The molecule has 1 N–H and O–H groups in total. The minimum Gasteiger partial charge on any atom is -0.272 e. The van der Waals surface area contributed by atoms with Gasteiger partial charge in [-0.15, -0.1) is 0 Å². The quantitative estimate of drug-likeness (QED) is 0.415. The molecule has 0 saturated heterocycles. The van der Waals surface area contributed by atoms with Gasteiger partial charge in [0.05, 0.1) is 17.7 Å². The van der Waals surface area contributed by atoms with Crippen LogP contribution in [-0.4, -0.2) is 31.4 Å². The molecule has 0 aromatic heterocycles. The molecule has 3 rings (SSSR count). The highest BCUT2D eigenvalue weighted by Gasteiger charge is 2.27. The van der Waals surface area contributed by atoms with Gasteiger partial charge in [0.15, 0.2) is 0 Å². The van der Waals surface area contributed by atoms with Gasteiger partial charge in [-0.25, -0.2) is 22.6 Å². The van der Waals surface area contributed by atoms with E-state index in [1.807, 2.05) is 6.92 Å². The fourth-order valence-electron chi connectivity index (χ4n) is 2.82. The molecule has 0 aliphatic carbocycles. The number of hydrazone groups is 1. The van der Waals surface area contributed by atoms with Crippen LogP contribution in [0.25, 0.3) is 0 Å². The van der Waals surface area contributed by atoms with Crippen LogP contribution in [0.1, 0.15) is 16.7 Å². The number of aryl methyl sites for hydroxylation is 1. The molecule has 32 heavy (non-hydrogen) atoms. The summed E-state index contributed by atoms with van der Waals surface area (Å²) in [6.07, 6.45) is 1.30. The average molecular weight is 458 g/mol. The minimum absolute atomic E-state index is 0.0120. The Labute approximate surface area is 185 Å². The van der Waals surface area contributed by atoms with Crippen molar-refractivity contribution in [3.63, 3.8) is 0 Å². The number of hydrogen-bond acceptors (Lipinski definition) is 4. The van der Waals surface area contributed by atoms with Crippen LogP contribution in [0.3, 0.4) is 0 Å². The van der Waals surface area contributed by atoms with Gasteiger partial charge in [0.25, 0.3) is 5.91 Å². The topological polar surface area (TPSA) is 78.8 Å². The summed E-state index contributed by atoms with van der Waals surface area (Å²) in [5.74, 6) is -1.70. The van der Waals surface area contributed by atoms with E-state index in [4.69, 9.17) is 0 Å². The van der Waals surface area contributed by atoms with Crippen molar-refractivity contribution in [1.82, 2.24) is 9.73 Å². The van der Waals surface area contributed by atoms with Crippen molar-refractivity contribution in [2.75, 3.05) is 6.54 Å². The Morgan fingerprint density at radius 2 is 1.66 bits per heavy atom. The van der Waals surface area contributed by atoms with Crippen molar-refractivity contribution in [3.8, 4) is 0 Å². The first-order valence-electron chi connectivity index (χ1n) is 9.63. The van der Waals surface area contributed by atoms with Crippen LogP contribution in [0.5, 0.6) is 0 Å². The molecule has 3 aromatic carbocycles. The predicted molar refractivity (Wildman–Crippen MR) is 117 cm³/mol. The van der Waals surface area contributed by atoms with Gasteiger partial charge in [-0.2, -0.15) is 9.41 Å². The van der Waals surface area contributed by atoms with Crippen LogP contribution >= 0.6 is 0 Å². The third-order valence-electron chi connectivity index (χ3n) is 4.56. The number of halogens is 2. The Balaban J connectivity index is 1.80. The zero-order chi connectivity index (χ0) is 23.1. The fraction of sp³-hybridized carbons (Fsp3) is 0.130. The number of rotatable bonds is 8. The maximum absolute atomic E-state index is 14.2. The first-order valence-corrected chi connectivity index (χ1v) is 11.1. The Bertz CT molecular complexity index is 1210. The van der Waals surface area contributed by atoms with E-state index in [0.29, 0.717) is 5.56 Å². The van der Waals surface area contributed by atoms with Gasteiger partial charge in [0.1, 0.15) is 11.6 Å². The number of hydrogen-bond donors (Lipinski definition) is 1. The van der Waals surface area contributed by atoms with Gasteiger partial charge in [0, 0.05) is 12.1 Å². The van der Waals surface area contributed by atoms with Crippen LogP contribution in [0.15, 0.2) is 82.8 Å². The lowest BCUT2D eigenvalue weighted by molar-refractivity contribution is -0.121. The van der Waals surface area contributed by atoms with Gasteiger partial charge in [0.2, 0.25) is 10.0 Å². The molecule has 3 aromatic rings. The number of nitrogens with zero attached hydrogens (tertiary/aromatic N) is 2. The molecule has 0 unspecified atom stereocenters. The molecular formula is C23H21F2N3O3S. The molecule has 9 heteroatoms. The molecule has 0 aliphatic heterocycles. The number of carbonyl (C=O) groups excluding carboxylic acids is 1. The van der Waals surface area contributed by atoms with Crippen molar-refractivity contribution in [3.05, 3.63) is 101 Å². The molecule has 0 aliphatic rings. The summed E-state index contributed by atoms with van der Waals surface area (Å²) >= 11 is 0. The van der Waals surface area contributed by atoms with Crippen molar-refractivity contribution < 1.29 is 22.0 Å². The Morgan fingerprint density at radius 3 is 2.31 bits per heavy atom. The molecule has 0 atom stereocenters. The van der Waals surface area contributed by atoms with Crippen LogP contribution in [0.4, 0.5) is 8.78 Å². The zero-order valence-corrected chi connectivity index (χ0v) is 18.0. The molecule has 1 amide bonds. The number of benzene rings is 3. The highest BCUT2D eigenvalue weighted by molar-refractivity contribution is 7.89. The van der Waals surface area contributed by atoms with Crippen LogP contribution < -0.4 is 5.43 Å². The van der Waals surface area contributed by atoms with Crippen molar-refractivity contribution in [1.29, 1.82) is 0 Å². The molecule has 0 spiro atoms. The van der Waals surface area contributed by atoms with Crippen molar-refractivity contribution >= 4 is 22.1 Å². The molecule has 0 bridgehead atoms. The molecule has 6 nitrogen and oxygen atoms in total. The van der Waals surface area contributed by atoms with Gasteiger partial charge in [-0.05, 0) is 42.8 Å². The average Bonchev–Trinajstić information content (AvgIpc) is 2.76. The largest absolute Gasteiger partial charge is 0.272 e. The maximum Gasteiger partial charge on any atom is 0.255 e. The second-order valence-electron chi connectivity index (χ2n) is 7.02. The number of sulfonamides is 1. The van der Waals surface area contributed by atoms with Gasteiger partial charge in [-0.3, -0.25) is 4.79 Å². The summed E-state index contributed by atoms with van der Waals surface area (Å²) in [7, 11) is -4.10. The molecule has 166 valence electrons. The second kappa shape index (κ2) is 10.3. The first kappa shape index (κ1) is 23.2. The van der Waals surface area contributed by atoms with Crippen molar-refractivity contribution in [2.24, 2.45) is 5.10 Å². The van der Waals surface area contributed by atoms with E-state index >= 15 is 0 Å². The maximum atomic E-state index is 14.2. The molecule has 0 radical (unpaired) electrons. The van der Waals surface area contributed by atoms with Crippen LogP contribution in [0, 0.1) is 18.6 Å². The molecule has 0 fully saturated rings. The normalized spacial score (nSPS) is 11.8. The Kier molecular flexibility index (Phi) is 7.45. The third kappa shape index (κ3) is 6.05. The van der Waals surface area contributed by atoms with E-state index in [1.165, 1.54) is 60.8 Å². The van der Waals surface area contributed by atoms with Crippen LogP contribution in [-0.2, 0) is 21.4 Å². The lowest BCUT2D eigenvalue weighted by Gasteiger charge is -2.22. The minimum atomic E-state index is -4.10. The zero-order valence-electron chi connectivity index (χ0n) is 17.2. The monoisotopic (exact) mass is 457 g/mol. The lowest BCUT2D eigenvalue weighted by Crippen LogP contribution is -2.39. The van der Waals surface area contributed by atoms with E-state index in [-0.39, 0.29) is 17.0 Å². The highest BCUT2D eigenvalue weighted by atomic mass is 32.2. The molecular weight excluding hydrogens is 436 g/mol. The lowest BCUT2D eigenvalue weighted by atomic mass is 10.2. The summed E-state index contributed by atoms with van der Waals surface area (Å²) in [5.41, 5.74) is 3.79. The number of nitrogens with one attached hydrogen (secondary N) is 1. The smallest absolute Gasteiger partial charge is 0.255 e. The summed E-state index contributed by atoms with van der Waals surface area (Å²) in [6.45, 7) is 0.906.